The molecule has 6 heteroatoms. The second kappa shape index (κ2) is 7.19. The molecule has 0 bridgehead atoms. The molecule has 1 saturated heterocycles. The van der Waals surface area contributed by atoms with Crippen LogP contribution in [0.15, 0.2) is 24.3 Å². The average Bonchev–Trinajstić information content (AvgIpc) is 2.86. The van der Waals surface area contributed by atoms with E-state index in [1.165, 1.54) is 6.92 Å². The van der Waals surface area contributed by atoms with Gasteiger partial charge in [0.2, 0.25) is 0 Å². The molecule has 0 aliphatic carbocycles. The Morgan fingerprint density at radius 3 is 2.90 bits per heavy atom. The van der Waals surface area contributed by atoms with Crippen LogP contribution < -0.4 is 10.6 Å². The first-order valence-electron chi connectivity index (χ1n) is 6.98. The lowest BCUT2D eigenvalue weighted by Crippen LogP contribution is -2.45. The Morgan fingerprint density at radius 1 is 1.38 bits per heavy atom. The van der Waals surface area contributed by atoms with Gasteiger partial charge >= 0.3 is 6.03 Å². The lowest BCUT2D eigenvalue weighted by molar-refractivity contribution is 0.0428. The van der Waals surface area contributed by atoms with E-state index in [1.807, 2.05) is 6.92 Å². The standard InChI is InChI=1S/C15H20N2O4/c1-3-21-14-9-20-8-13(14)17-15(19)16-12-6-4-5-11(7-12)10(2)18/h4-7,13-14H,3,8-9H2,1-2H3,(H2,16,17,19)/t13-,14-/m1/s1. The summed E-state index contributed by atoms with van der Waals surface area (Å²) in [6, 6.07) is 6.32. The van der Waals surface area contributed by atoms with E-state index in [0.717, 1.165) is 0 Å². The number of ketones is 1. The number of hydrogen-bond acceptors (Lipinski definition) is 4. The average molecular weight is 292 g/mol. The summed E-state index contributed by atoms with van der Waals surface area (Å²) in [6.07, 6.45) is -0.121. The zero-order chi connectivity index (χ0) is 15.2. The highest BCUT2D eigenvalue weighted by Crippen LogP contribution is 2.13. The third-order valence-electron chi connectivity index (χ3n) is 3.25. The molecule has 0 saturated carbocycles. The number of nitrogens with one attached hydrogen (secondary N) is 2. The van der Waals surface area contributed by atoms with E-state index in [-0.39, 0.29) is 24.0 Å². The van der Waals surface area contributed by atoms with Crippen molar-refractivity contribution in [3.05, 3.63) is 29.8 Å². The summed E-state index contributed by atoms with van der Waals surface area (Å²) < 4.78 is 10.8. The van der Waals surface area contributed by atoms with Crippen molar-refractivity contribution in [2.24, 2.45) is 0 Å². The summed E-state index contributed by atoms with van der Waals surface area (Å²) in [6.45, 7) is 4.89. The number of carbonyl (C=O) groups is 2. The van der Waals surface area contributed by atoms with Gasteiger partial charge in [-0.2, -0.15) is 0 Å². The molecular weight excluding hydrogens is 272 g/mol. The number of carbonyl (C=O) groups excluding carboxylic acids is 2. The molecule has 114 valence electrons. The summed E-state index contributed by atoms with van der Waals surface area (Å²) in [7, 11) is 0. The molecule has 1 aliphatic rings. The van der Waals surface area contributed by atoms with Crippen LogP contribution in [0.3, 0.4) is 0 Å². The molecule has 0 spiro atoms. The summed E-state index contributed by atoms with van der Waals surface area (Å²) >= 11 is 0. The first-order valence-corrected chi connectivity index (χ1v) is 6.98. The topological polar surface area (TPSA) is 76.7 Å². The lowest BCUT2D eigenvalue weighted by Gasteiger charge is -2.19. The van der Waals surface area contributed by atoms with Gasteiger partial charge in [-0.15, -0.1) is 0 Å². The normalized spacial score (nSPS) is 21.0. The maximum atomic E-state index is 12.0. The van der Waals surface area contributed by atoms with Gasteiger partial charge in [-0.1, -0.05) is 12.1 Å². The van der Waals surface area contributed by atoms with Crippen LogP contribution >= 0.6 is 0 Å². The number of urea groups is 1. The van der Waals surface area contributed by atoms with Crippen LogP contribution in [0.4, 0.5) is 10.5 Å². The van der Waals surface area contributed by atoms with Crippen molar-refractivity contribution in [2.45, 2.75) is 26.0 Å². The minimum atomic E-state index is -0.337. The molecule has 0 unspecified atom stereocenters. The predicted octanol–water partition coefficient (Wildman–Crippen LogP) is 1.81. The number of Topliss-reactive ketones (excluding diaryl/α,β-unsaturated/α-hetero) is 1. The fourth-order valence-electron chi connectivity index (χ4n) is 2.20. The van der Waals surface area contributed by atoms with Gasteiger partial charge in [0.1, 0.15) is 6.10 Å². The number of benzene rings is 1. The Labute approximate surface area is 123 Å². The van der Waals surface area contributed by atoms with Gasteiger partial charge in [-0.05, 0) is 26.0 Å². The van der Waals surface area contributed by atoms with Gasteiger partial charge in [0.05, 0.1) is 19.3 Å². The Bertz CT molecular complexity index is 518. The van der Waals surface area contributed by atoms with Crippen LogP contribution in [0.1, 0.15) is 24.2 Å². The van der Waals surface area contributed by atoms with E-state index < -0.39 is 0 Å². The van der Waals surface area contributed by atoms with Gasteiger partial charge in [-0.3, -0.25) is 4.79 Å². The molecule has 1 heterocycles. The maximum Gasteiger partial charge on any atom is 0.319 e. The van der Waals surface area contributed by atoms with E-state index in [2.05, 4.69) is 10.6 Å². The summed E-state index contributed by atoms with van der Waals surface area (Å²) in [5.74, 6) is -0.0420. The van der Waals surface area contributed by atoms with Crippen LogP contribution in [0, 0.1) is 0 Å². The summed E-state index contributed by atoms with van der Waals surface area (Å²) in [4.78, 5) is 23.3. The molecule has 0 radical (unpaired) electrons. The smallest absolute Gasteiger partial charge is 0.319 e. The second-order valence-electron chi connectivity index (χ2n) is 4.87. The minimum absolute atomic E-state index is 0.0420. The third-order valence-corrected chi connectivity index (χ3v) is 3.25. The third kappa shape index (κ3) is 4.27. The van der Waals surface area contributed by atoms with E-state index >= 15 is 0 Å². The lowest BCUT2D eigenvalue weighted by atomic mass is 10.1. The molecule has 2 atom stereocenters. The van der Waals surface area contributed by atoms with Crippen LogP contribution in [0.2, 0.25) is 0 Å². The van der Waals surface area contributed by atoms with Gasteiger partial charge in [-0.25, -0.2) is 4.79 Å². The van der Waals surface area contributed by atoms with Crippen LogP contribution in [-0.4, -0.2) is 43.8 Å². The number of ether oxygens (including phenoxy) is 2. The van der Waals surface area contributed by atoms with Crippen molar-refractivity contribution < 1.29 is 19.1 Å². The van der Waals surface area contributed by atoms with Crippen molar-refractivity contribution in [1.82, 2.24) is 5.32 Å². The molecule has 21 heavy (non-hydrogen) atoms. The quantitative estimate of drug-likeness (QED) is 0.812. The number of rotatable bonds is 5. The van der Waals surface area contributed by atoms with Gasteiger partial charge < -0.3 is 20.1 Å². The van der Waals surface area contributed by atoms with Crippen molar-refractivity contribution in [2.75, 3.05) is 25.1 Å². The number of anilines is 1. The molecule has 1 aromatic rings. The molecule has 2 rings (SSSR count). The Kier molecular flexibility index (Phi) is 5.30. The van der Waals surface area contributed by atoms with E-state index in [9.17, 15) is 9.59 Å². The van der Waals surface area contributed by atoms with Gasteiger partial charge in [0, 0.05) is 17.9 Å². The molecule has 1 fully saturated rings. The maximum absolute atomic E-state index is 12.0. The molecule has 2 amide bonds. The Hall–Kier alpha value is -1.92. The minimum Gasteiger partial charge on any atom is -0.376 e. The highest BCUT2D eigenvalue weighted by Gasteiger charge is 2.29. The summed E-state index contributed by atoms with van der Waals surface area (Å²) in [5, 5.41) is 5.54. The predicted molar refractivity (Wildman–Crippen MR) is 78.6 cm³/mol. The summed E-state index contributed by atoms with van der Waals surface area (Å²) in [5.41, 5.74) is 1.14. The zero-order valence-corrected chi connectivity index (χ0v) is 12.2. The van der Waals surface area contributed by atoms with E-state index in [0.29, 0.717) is 31.1 Å². The molecule has 1 aromatic carbocycles. The Morgan fingerprint density at radius 2 is 2.19 bits per heavy atom. The molecule has 0 aromatic heterocycles. The van der Waals surface area contributed by atoms with Crippen molar-refractivity contribution >= 4 is 17.5 Å². The second-order valence-corrected chi connectivity index (χ2v) is 4.87. The van der Waals surface area contributed by atoms with Crippen molar-refractivity contribution in [1.29, 1.82) is 0 Å². The van der Waals surface area contributed by atoms with Crippen LogP contribution in [-0.2, 0) is 9.47 Å². The highest BCUT2D eigenvalue weighted by atomic mass is 16.5. The number of amides is 2. The Balaban J connectivity index is 1.92. The van der Waals surface area contributed by atoms with Crippen LogP contribution in [0.5, 0.6) is 0 Å². The van der Waals surface area contributed by atoms with Gasteiger partial charge in [0.15, 0.2) is 5.78 Å². The van der Waals surface area contributed by atoms with E-state index in [1.54, 1.807) is 24.3 Å². The monoisotopic (exact) mass is 292 g/mol. The highest BCUT2D eigenvalue weighted by molar-refractivity contribution is 5.96. The molecule has 6 nitrogen and oxygen atoms in total. The fraction of sp³-hybridized carbons (Fsp3) is 0.467. The SMILES string of the molecule is CCO[C@@H]1COC[C@H]1NC(=O)Nc1cccc(C(C)=O)c1. The van der Waals surface area contributed by atoms with Crippen molar-refractivity contribution in [3.63, 3.8) is 0 Å². The first-order chi connectivity index (χ1) is 10.1. The number of hydrogen-bond donors (Lipinski definition) is 2. The molecule has 1 aliphatic heterocycles. The fourth-order valence-corrected chi connectivity index (χ4v) is 2.20. The van der Waals surface area contributed by atoms with Gasteiger partial charge in [0.25, 0.3) is 0 Å². The zero-order valence-electron chi connectivity index (χ0n) is 12.2. The largest absolute Gasteiger partial charge is 0.376 e. The van der Waals surface area contributed by atoms with E-state index in [4.69, 9.17) is 9.47 Å². The van der Waals surface area contributed by atoms with Crippen LogP contribution in [0.25, 0.3) is 0 Å². The molecule has 2 N–H and O–H groups in total. The van der Waals surface area contributed by atoms with Crippen molar-refractivity contribution in [3.8, 4) is 0 Å². The molecular formula is C15H20N2O4. The first kappa shape index (κ1) is 15.5.